The van der Waals surface area contributed by atoms with Gasteiger partial charge in [-0.25, -0.2) is 13.2 Å². The van der Waals surface area contributed by atoms with Gasteiger partial charge in [-0.2, -0.15) is 0 Å². The number of ether oxygens (including phenoxy) is 2. The predicted octanol–water partition coefficient (Wildman–Crippen LogP) is 2.84. The van der Waals surface area contributed by atoms with Crippen molar-refractivity contribution < 1.29 is 27.8 Å². The largest absolute Gasteiger partial charge is 0.465 e. The number of hydrogen-bond donors (Lipinski definition) is 2. The minimum Gasteiger partial charge on any atom is -0.465 e. The molecular weight excluding hydrogens is 430 g/mol. The third-order valence-electron chi connectivity index (χ3n) is 5.56. The van der Waals surface area contributed by atoms with Crippen LogP contribution in [0.15, 0.2) is 71.6 Å². The molecule has 0 amide bonds. The van der Waals surface area contributed by atoms with Crippen LogP contribution in [0, 0.1) is 0 Å². The summed E-state index contributed by atoms with van der Waals surface area (Å²) in [6.07, 6.45) is -0.00732. The fraction of sp³-hybridized carbons (Fsp3) is 0.292. The van der Waals surface area contributed by atoms with Gasteiger partial charge in [0.15, 0.2) is 5.44 Å². The molecule has 8 heteroatoms. The Morgan fingerprint density at radius 1 is 1.09 bits per heavy atom. The van der Waals surface area contributed by atoms with E-state index in [9.17, 15) is 18.3 Å². The zero-order valence-corrected chi connectivity index (χ0v) is 18.4. The van der Waals surface area contributed by atoms with Gasteiger partial charge >= 0.3 is 5.97 Å². The van der Waals surface area contributed by atoms with Crippen LogP contribution in [0.3, 0.4) is 0 Å². The van der Waals surface area contributed by atoms with Gasteiger partial charge in [-0.3, -0.25) is 0 Å². The first-order valence-corrected chi connectivity index (χ1v) is 11.9. The molecule has 2 N–H and O–H groups in total. The van der Waals surface area contributed by atoms with Gasteiger partial charge in [-0.05, 0) is 47.0 Å². The monoisotopic (exact) mass is 455 g/mol. The van der Waals surface area contributed by atoms with E-state index < -0.39 is 27.3 Å². The van der Waals surface area contributed by atoms with E-state index in [1.54, 1.807) is 36.4 Å². The molecule has 1 saturated heterocycles. The highest BCUT2D eigenvalue weighted by atomic mass is 32.2. The molecule has 1 aliphatic rings. The molecule has 3 aromatic rings. The molecule has 3 unspecified atom stereocenters. The molecule has 1 heterocycles. The quantitative estimate of drug-likeness (QED) is 0.528. The number of fused-ring (bicyclic) bond motifs is 1. The zero-order chi connectivity index (χ0) is 22.7. The number of carbonyl (C=O) groups is 1. The Hall–Kier alpha value is -2.78. The average molecular weight is 456 g/mol. The second-order valence-corrected chi connectivity index (χ2v) is 9.82. The van der Waals surface area contributed by atoms with Crippen molar-refractivity contribution in [2.45, 2.75) is 28.9 Å². The van der Waals surface area contributed by atoms with Crippen molar-refractivity contribution in [3.8, 4) is 0 Å². The highest BCUT2D eigenvalue weighted by molar-refractivity contribution is 7.91. The van der Waals surface area contributed by atoms with Crippen molar-refractivity contribution in [3.05, 3.63) is 77.9 Å². The first kappa shape index (κ1) is 22.4. The molecule has 168 valence electrons. The van der Waals surface area contributed by atoms with Crippen molar-refractivity contribution >= 4 is 26.6 Å². The van der Waals surface area contributed by atoms with Crippen LogP contribution in [0.2, 0.25) is 0 Å². The van der Waals surface area contributed by atoms with Crippen molar-refractivity contribution in [3.63, 3.8) is 0 Å². The van der Waals surface area contributed by atoms with Crippen LogP contribution in [0.5, 0.6) is 0 Å². The van der Waals surface area contributed by atoms with E-state index in [2.05, 4.69) is 5.32 Å². The fourth-order valence-corrected chi connectivity index (χ4v) is 5.45. The Kier molecular flexibility index (Phi) is 6.57. The fourth-order valence-electron chi connectivity index (χ4n) is 3.89. The van der Waals surface area contributed by atoms with Gasteiger partial charge in [0.25, 0.3) is 0 Å². The molecule has 0 aliphatic carbocycles. The van der Waals surface area contributed by atoms with E-state index in [1.165, 1.54) is 13.2 Å². The number of sulfone groups is 1. The number of rotatable bonds is 7. The highest BCUT2D eigenvalue weighted by Gasteiger charge is 2.33. The summed E-state index contributed by atoms with van der Waals surface area (Å²) in [6.45, 7) is 0.533. The molecule has 3 aromatic carbocycles. The van der Waals surface area contributed by atoms with Gasteiger partial charge in [0.05, 0.1) is 30.3 Å². The van der Waals surface area contributed by atoms with Crippen molar-refractivity contribution in [2.75, 3.05) is 20.3 Å². The summed E-state index contributed by atoms with van der Waals surface area (Å²) in [5.41, 5.74) is -0.755. The number of esters is 1. The molecule has 0 bridgehead atoms. The van der Waals surface area contributed by atoms with Crippen molar-refractivity contribution in [1.29, 1.82) is 0 Å². The van der Waals surface area contributed by atoms with E-state index in [1.807, 2.05) is 24.3 Å². The summed E-state index contributed by atoms with van der Waals surface area (Å²) in [5.74, 6) is -0.561. The Bertz CT molecular complexity index is 1230. The van der Waals surface area contributed by atoms with E-state index in [4.69, 9.17) is 9.47 Å². The van der Waals surface area contributed by atoms with Gasteiger partial charge in [0.1, 0.15) is 0 Å². The summed E-state index contributed by atoms with van der Waals surface area (Å²) in [7, 11) is -2.69. The minimum absolute atomic E-state index is 0.0942. The third kappa shape index (κ3) is 4.68. The number of methoxy groups -OCH3 is 1. The standard InChI is InChI=1S/C24H25NO6S/c1-30-23(27)18-7-4-8-19(11-18)24(31-15-20-13-21(26)14-25-20)32(28,29)22-10-9-16-5-2-3-6-17(16)12-22/h2-12,20-21,24-26H,13-15H2,1H3. The molecule has 3 atom stereocenters. The maximum atomic E-state index is 13.7. The molecular formula is C24H25NO6S. The Morgan fingerprint density at radius 3 is 2.59 bits per heavy atom. The molecule has 1 aliphatic heterocycles. The number of β-amino-alcohol motifs (C(OH)–C–C–N with tert-alkyl or cyclic N) is 1. The SMILES string of the molecule is COC(=O)c1cccc(C(OCC2CC(O)CN2)S(=O)(=O)c2ccc3ccccc3c2)c1. The lowest BCUT2D eigenvalue weighted by molar-refractivity contribution is 0.0599. The predicted molar refractivity (Wildman–Crippen MR) is 120 cm³/mol. The lowest BCUT2D eigenvalue weighted by Gasteiger charge is -2.22. The second-order valence-electron chi connectivity index (χ2n) is 7.83. The van der Waals surface area contributed by atoms with Crippen LogP contribution in [-0.4, -0.2) is 51.9 Å². The van der Waals surface area contributed by atoms with Crippen LogP contribution in [0.25, 0.3) is 10.8 Å². The summed E-state index contributed by atoms with van der Waals surface area (Å²) >= 11 is 0. The molecule has 32 heavy (non-hydrogen) atoms. The smallest absolute Gasteiger partial charge is 0.337 e. The molecule has 0 radical (unpaired) electrons. The number of carbonyl (C=O) groups excluding carboxylic acids is 1. The topological polar surface area (TPSA) is 102 Å². The number of aliphatic hydroxyl groups excluding tert-OH is 1. The Balaban J connectivity index is 1.72. The number of aliphatic hydroxyl groups is 1. The second kappa shape index (κ2) is 9.38. The Labute approximate surface area is 186 Å². The van der Waals surface area contributed by atoms with Gasteiger partial charge in [-0.15, -0.1) is 0 Å². The van der Waals surface area contributed by atoms with Crippen LogP contribution in [0.4, 0.5) is 0 Å². The van der Waals surface area contributed by atoms with Crippen LogP contribution in [0.1, 0.15) is 27.8 Å². The van der Waals surface area contributed by atoms with E-state index >= 15 is 0 Å². The van der Waals surface area contributed by atoms with E-state index in [-0.39, 0.29) is 23.1 Å². The van der Waals surface area contributed by atoms with Crippen LogP contribution >= 0.6 is 0 Å². The minimum atomic E-state index is -3.96. The van der Waals surface area contributed by atoms with E-state index in [0.29, 0.717) is 18.5 Å². The number of hydrogen-bond acceptors (Lipinski definition) is 7. The molecule has 1 fully saturated rings. The van der Waals surface area contributed by atoms with Crippen LogP contribution in [-0.2, 0) is 19.3 Å². The lowest BCUT2D eigenvalue weighted by Crippen LogP contribution is -2.29. The maximum Gasteiger partial charge on any atom is 0.337 e. The summed E-state index contributed by atoms with van der Waals surface area (Å²) in [5, 5.41) is 14.6. The Morgan fingerprint density at radius 2 is 1.88 bits per heavy atom. The maximum absolute atomic E-state index is 13.7. The normalized spacial score (nSPS) is 19.7. The molecule has 4 rings (SSSR count). The summed E-state index contributed by atoms with van der Waals surface area (Å²) in [4.78, 5) is 12.1. The summed E-state index contributed by atoms with van der Waals surface area (Å²) < 4.78 is 38.1. The molecule has 0 spiro atoms. The first-order chi connectivity index (χ1) is 15.4. The summed E-state index contributed by atoms with van der Waals surface area (Å²) in [6, 6.07) is 18.6. The molecule has 7 nitrogen and oxygen atoms in total. The van der Waals surface area contributed by atoms with Gasteiger partial charge in [-0.1, -0.05) is 42.5 Å². The third-order valence-corrected chi connectivity index (χ3v) is 7.44. The zero-order valence-electron chi connectivity index (χ0n) is 17.6. The van der Waals surface area contributed by atoms with Crippen molar-refractivity contribution in [2.24, 2.45) is 0 Å². The molecule has 0 saturated carbocycles. The van der Waals surface area contributed by atoms with E-state index in [0.717, 1.165) is 10.8 Å². The lowest BCUT2D eigenvalue weighted by atomic mass is 10.1. The van der Waals surface area contributed by atoms with Crippen LogP contribution < -0.4 is 5.32 Å². The number of nitrogens with one attached hydrogen (secondary N) is 1. The highest BCUT2D eigenvalue weighted by Crippen LogP contribution is 2.33. The van der Waals surface area contributed by atoms with Gasteiger partial charge < -0.3 is 19.9 Å². The molecule has 0 aromatic heterocycles. The van der Waals surface area contributed by atoms with Gasteiger partial charge in [0, 0.05) is 12.6 Å². The number of benzene rings is 3. The first-order valence-electron chi connectivity index (χ1n) is 10.3. The van der Waals surface area contributed by atoms with Crippen molar-refractivity contribution in [1.82, 2.24) is 5.32 Å². The average Bonchev–Trinajstić information content (AvgIpc) is 3.23. The van der Waals surface area contributed by atoms with Gasteiger partial charge in [0.2, 0.25) is 9.84 Å².